The topological polar surface area (TPSA) is 54.4 Å². The van der Waals surface area contributed by atoms with Gasteiger partial charge in [-0.15, -0.1) is 0 Å². The maximum absolute atomic E-state index is 10.5. The van der Waals surface area contributed by atoms with E-state index in [1.807, 2.05) is 0 Å². The molecule has 24 heavy (non-hydrogen) atoms. The van der Waals surface area contributed by atoms with Crippen molar-refractivity contribution >= 4 is 29.0 Å². The molecule has 0 aromatic carbocycles. The van der Waals surface area contributed by atoms with Gasteiger partial charge in [0.1, 0.15) is 0 Å². The molecule has 0 rings (SSSR count). The van der Waals surface area contributed by atoms with Crippen LogP contribution in [0.15, 0.2) is 0 Å². The van der Waals surface area contributed by atoms with Crippen molar-refractivity contribution in [3.63, 3.8) is 0 Å². The van der Waals surface area contributed by atoms with Gasteiger partial charge in [-0.3, -0.25) is 4.55 Å². The number of hydrogen-bond acceptors (Lipinski definition) is 2. The molecule has 0 saturated carbocycles. The summed E-state index contributed by atoms with van der Waals surface area (Å²) >= 11 is 0. The van der Waals surface area contributed by atoms with E-state index in [-0.39, 0.29) is 24.6 Å². The molecule has 0 radical (unpaired) electrons. The normalized spacial score (nSPS) is 11.4. The molecule has 0 aromatic rings. The quantitative estimate of drug-likeness (QED) is 0.190. The van der Waals surface area contributed by atoms with Crippen molar-refractivity contribution in [1.29, 1.82) is 0 Å². The standard InChI is InChI=1S/C19H40O3S.Li.H/c1-2-3-4-5-6-7-8-9-10-11-12-13-14-15-16-17-18-19-23(20,21)22;;/h2-19H2,1H3,(H,20,21,22);;. The molecule has 0 heterocycles. The van der Waals surface area contributed by atoms with Crippen LogP contribution in [0.25, 0.3) is 0 Å². The van der Waals surface area contributed by atoms with Crippen molar-refractivity contribution in [1.82, 2.24) is 0 Å². The first kappa shape index (κ1) is 26.7. The molecular weight excluding hydrogens is 315 g/mol. The van der Waals surface area contributed by atoms with Gasteiger partial charge in [0.05, 0.1) is 5.75 Å². The number of unbranched alkanes of at least 4 members (excludes halogenated alkanes) is 16. The van der Waals surface area contributed by atoms with Gasteiger partial charge in [-0.2, -0.15) is 8.42 Å². The fourth-order valence-electron chi connectivity index (χ4n) is 3.01. The van der Waals surface area contributed by atoms with E-state index >= 15 is 0 Å². The molecular formula is C19H41LiO3S. The third kappa shape index (κ3) is 24.8. The molecule has 5 heteroatoms. The molecule has 0 aliphatic carbocycles. The van der Waals surface area contributed by atoms with Gasteiger partial charge in [0, 0.05) is 0 Å². The molecule has 0 aromatic heterocycles. The first-order chi connectivity index (χ1) is 11.1. The van der Waals surface area contributed by atoms with Crippen molar-refractivity contribution in [3.05, 3.63) is 0 Å². The summed E-state index contributed by atoms with van der Waals surface area (Å²) in [6, 6.07) is 0. The summed E-state index contributed by atoms with van der Waals surface area (Å²) < 4.78 is 29.7. The van der Waals surface area contributed by atoms with E-state index in [0.717, 1.165) is 12.8 Å². The SMILES string of the molecule is CCCCCCCCCCCCCCCCCCCS(=O)(=O)O.[LiH]. The van der Waals surface area contributed by atoms with Crippen LogP contribution < -0.4 is 0 Å². The molecule has 0 unspecified atom stereocenters. The van der Waals surface area contributed by atoms with Crippen molar-refractivity contribution in [3.8, 4) is 0 Å². The van der Waals surface area contributed by atoms with Crippen LogP contribution in [0.4, 0.5) is 0 Å². The Balaban J connectivity index is 0. The van der Waals surface area contributed by atoms with Crippen LogP contribution in [-0.4, -0.2) is 37.6 Å². The Hall–Kier alpha value is 0.507. The molecule has 3 nitrogen and oxygen atoms in total. The van der Waals surface area contributed by atoms with Crippen LogP contribution in [0.2, 0.25) is 0 Å². The Labute approximate surface area is 163 Å². The summed E-state index contributed by atoms with van der Waals surface area (Å²) in [5, 5.41) is 0. The average Bonchev–Trinajstić information content (AvgIpc) is 2.49. The van der Waals surface area contributed by atoms with Crippen molar-refractivity contribution in [2.75, 3.05) is 5.75 Å². The summed E-state index contributed by atoms with van der Waals surface area (Å²) in [4.78, 5) is 0. The molecule has 0 atom stereocenters. The van der Waals surface area contributed by atoms with E-state index in [2.05, 4.69) is 6.92 Å². The first-order valence-corrected chi connectivity index (χ1v) is 11.6. The zero-order valence-electron chi connectivity index (χ0n) is 15.4. The third-order valence-electron chi connectivity index (χ3n) is 4.51. The second-order valence-electron chi connectivity index (χ2n) is 6.94. The summed E-state index contributed by atoms with van der Waals surface area (Å²) in [6.07, 6.45) is 21.8. The fraction of sp³-hybridized carbons (Fsp3) is 1.00. The predicted octanol–water partition coefficient (Wildman–Crippen LogP) is 5.88. The van der Waals surface area contributed by atoms with Gasteiger partial charge < -0.3 is 0 Å². The summed E-state index contributed by atoms with van der Waals surface area (Å²) in [5.41, 5.74) is 0. The van der Waals surface area contributed by atoms with Crippen molar-refractivity contribution < 1.29 is 13.0 Å². The van der Waals surface area contributed by atoms with E-state index in [9.17, 15) is 8.42 Å². The van der Waals surface area contributed by atoms with Crippen LogP contribution in [-0.2, 0) is 10.1 Å². The predicted molar refractivity (Wildman–Crippen MR) is 108 cm³/mol. The summed E-state index contributed by atoms with van der Waals surface area (Å²) in [6.45, 7) is 2.27. The summed E-state index contributed by atoms with van der Waals surface area (Å²) in [5.74, 6) is -0.0778. The maximum atomic E-state index is 10.5. The fourth-order valence-corrected chi connectivity index (χ4v) is 3.58. The molecule has 0 saturated heterocycles. The minimum absolute atomic E-state index is 0. The molecule has 0 spiro atoms. The molecule has 0 fully saturated rings. The van der Waals surface area contributed by atoms with Crippen LogP contribution in [0.5, 0.6) is 0 Å². The number of rotatable bonds is 18. The summed E-state index contributed by atoms with van der Waals surface area (Å²) in [7, 11) is -3.74. The van der Waals surface area contributed by atoms with Gasteiger partial charge in [-0.1, -0.05) is 110 Å². The van der Waals surface area contributed by atoms with E-state index in [0.29, 0.717) is 6.42 Å². The van der Waals surface area contributed by atoms with E-state index in [1.165, 1.54) is 89.9 Å². The minimum atomic E-state index is -3.74. The van der Waals surface area contributed by atoms with Gasteiger partial charge in [0.25, 0.3) is 10.1 Å². The van der Waals surface area contributed by atoms with Crippen LogP contribution in [0.3, 0.4) is 0 Å². The Bertz CT molecular complexity index is 332. The van der Waals surface area contributed by atoms with Gasteiger partial charge >= 0.3 is 18.9 Å². The van der Waals surface area contributed by atoms with Gasteiger partial charge in [0.2, 0.25) is 0 Å². The zero-order chi connectivity index (χ0) is 17.2. The molecule has 1 N–H and O–H groups in total. The van der Waals surface area contributed by atoms with Crippen LogP contribution in [0, 0.1) is 0 Å². The van der Waals surface area contributed by atoms with Gasteiger partial charge in [-0.25, -0.2) is 0 Å². The van der Waals surface area contributed by atoms with Crippen LogP contribution in [0.1, 0.15) is 116 Å². The molecule has 0 aliphatic rings. The Kier molecular flexibility index (Phi) is 22.1. The Morgan fingerprint density at radius 3 is 1.04 bits per heavy atom. The van der Waals surface area contributed by atoms with E-state index in [1.54, 1.807) is 0 Å². The van der Waals surface area contributed by atoms with Crippen molar-refractivity contribution in [2.45, 2.75) is 116 Å². The van der Waals surface area contributed by atoms with E-state index in [4.69, 9.17) is 4.55 Å². The Morgan fingerprint density at radius 1 is 0.542 bits per heavy atom. The van der Waals surface area contributed by atoms with Gasteiger partial charge in [0.15, 0.2) is 0 Å². The Morgan fingerprint density at radius 2 is 0.792 bits per heavy atom. The monoisotopic (exact) mass is 356 g/mol. The molecule has 0 bridgehead atoms. The zero-order valence-corrected chi connectivity index (χ0v) is 16.2. The molecule has 142 valence electrons. The van der Waals surface area contributed by atoms with Gasteiger partial charge in [-0.05, 0) is 6.42 Å². The van der Waals surface area contributed by atoms with Crippen LogP contribution >= 0.6 is 0 Å². The number of hydrogen-bond donors (Lipinski definition) is 1. The molecule has 0 aliphatic heterocycles. The van der Waals surface area contributed by atoms with Crippen molar-refractivity contribution in [2.24, 2.45) is 0 Å². The second kappa shape index (κ2) is 19.8. The average molecular weight is 357 g/mol. The molecule has 0 amide bonds. The second-order valence-corrected chi connectivity index (χ2v) is 8.51. The third-order valence-corrected chi connectivity index (χ3v) is 5.31. The first-order valence-electron chi connectivity index (χ1n) is 10.0. The van der Waals surface area contributed by atoms with E-state index < -0.39 is 10.1 Å².